The molecule has 2 aliphatic heterocycles. The standard InChI is InChI=1S/C11H19N3O3/c12-10(15)6-17-14-11(16)5-7-3-8-1-2-9(4-7)13-8/h7-9,13H,1-6H2,(H2,12,15)(H,14,16). The predicted molar refractivity (Wildman–Crippen MR) is 60.6 cm³/mol. The molecule has 2 heterocycles. The molecule has 2 saturated heterocycles. The van der Waals surface area contributed by atoms with Gasteiger partial charge < -0.3 is 11.1 Å². The van der Waals surface area contributed by atoms with Crippen LogP contribution in [0.5, 0.6) is 0 Å². The van der Waals surface area contributed by atoms with Crippen molar-refractivity contribution < 1.29 is 14.4 Å². The van der Waals surface area contributed by atoms with E-state index < -0.39 is 5.91 Å². The van der Waals surface area contributed by atoms with Gasteiger partial charge in [-0.05, 0) is 31.6 Å². The third-order valence-electron chi connectivity index (χ3n) is 3.45. The van der Waals surface area contributed by atoms with Crippen LogP contribution in [0.25, 0.3) is 0 Å². The van der Waals surface area contributed by atoms with Gasteiger partial charge in [0.1, 0.15) is 0 Å². The van der Waals surface area contributed by atoms with Crippen molar-refractivity contribution in [3.8, 4) is 0 Å². The topological polar surface area (TPSA) is 93.5 Å². The summed E-state index contributed by atoms with van der Waals surface area (Å²) < 4.78 is 0. The number of carbonyl (C=O) groups excluding carboxylic acids is 2. The zero-order valence-corrected chi connectivity index (χ0v) is 9.78. The SMILES string of the molecule is NC(=O)CONC(=O)CC1CC2CCC(C1)N2. The van der Waals surface area contributed by atoms with Crippen LogP contribution in [0.3, 0.4) is 0 Å². The first-order chi connectivity index (χ1) is 8.13. The Morgan fingerprint density at radius 1 is 1.29 bits per heavy atom. The summed E-state index contributed by atoms with van der Waals surface area (Å²) in [4.78, 5) is 26.6. The highest BCUT2D eigenvalue weighted by atomic mass is 16.7. The van der Waals surface area contributed by atoms with Crippen molar-refractivity contribution in [3.05, 3.63) is 0 Å². The molecule has 2 bridgehead atoms. The largest absolute Gasteiger partial charge is 0.368 e. The van der Waals surface area contributed by atoms with Crippen LogP contribution in [0, 0.1) is 5.92 Å². The second kappa shape index (κ2) is 5.46. The molecule has 2 atom stereocenters. The number of piperidine rings is 1. The van der Waals surface area contributed by atoms with Crippen LogP contribution in [0.1, 0.15) is 32.1 Å². The van der Waals surface area contributed by atoms with Gasteiger partial charge in [-0.25, -0.2) is 5.48 Å². The van der Waals surface area contributed by atoms with Crippen molar-refractivity contribution in [2.45, 2.75) is 44.2 Å². The monoisotopic (exact) mass is 241 g/mol. The summed E-state index contributed by atoms with van der Waals surface area (Å²) in [6, 6.07) is 1.16. The van der Waals surface area contributed by atoms with Crippen LogP contribution in [0.2, 0.25) is 0 Å². The Kier molecular flexibility index (Phi) is 3.96. The van der Waals surface area contributed by atoms with E-state index >= 15 is 0 Å². The van der Waals surface area contributed by atoms with Crippen molar-refractivity contribution in [2.75, 3.05) is 6.61 Å². The van der Waals surface area contributed by atoms with Crippen LogP contribution < -0.4 is 16.5 Å². The molecule has 2 rings (SSSR count). The molecule has 6 nitrogen and oxygen atoms in total. The number of amides is 2. The fraction of sp³-hybridized carbons (Fsp3) is 0.818. The first kappa shape index (κ1) is 12.3. The molecule has 6 heteroatoms. The van der Waals surface area contributed by atoms with Crippen molar-refractivity contribution >= 4 is 11.8 Å². The predicted octanol–water partition coefficient (Wildman–Crippen LogP) is -0.560. The van der Waals surface area contributed by atoms with Crippen molar-refractivity contribution in [2.24, 2.45) is 11.7 Å². The number of nitrogens with one attached hydrogen (secondary N) is 2. The Morgan fingerprint density at radius 2 is 1.94 bits per heavy atom. The van der Waals surface area contributed by atoms with E-state index in [-0.39, 0.29) is 12.5 Å². The average Bonchev–Trinajstić information content (AvgIpc) is 2.57. The van der Waals surface area contributed by atoms with Crippen molar-refractivity contribution in [1.29, 1.82) is 0 Å². The molecule has 4 N–H and O–H groups in total. The number of hydrogen-bond donors (Lipinski definition) is 3. The first-order valence-electron chi connectivity index (χ1n) is 6.08. The number of carbonyl (C=O) groups is 2. The molecule has 0 aromatic heterocycles. The summed E-state index contributed by atoms with van der Waals surface area (Å²) >= 11 is 0. The molecule has 2 amide bonds. The van der Waals surface area contributed by atoms with Crippen LogP contribution in [0.15, 0.2) is 0 Å². The highest BCUT2D eigenvalue weighted by Crippen LogP contribution is 2.32. The molecule has 96 valence electrons. The fourth-order valence-corrected chi connectivity index (χ4v) is 2.83. The highest BCUT2D eigenvalue weighted by Gasteiger charge is 2.34. The summed E-state index contributed by atoms with van der Waals surface area (Å²) in [7, 11) is 0. The van der Waals surface area contributed by atoms with Gasteiger partial charge in [0.15, 0.2) is 6.61 Å². The number of primary amides is 1. The van der Waals surface area contributed by atoms with Gasteiger partial charge in [-0.15, -0.1) is 0 Å². The maximum absolute atomic E-state index is 11.5. The molecule has 2 unspecified atom stereocenters. The lowest BCUT2D eigenvalue weighted by molar-refractivity contribution is -0.138. The van der Waals surface area contributed by atoms with Gasteiger partial charge >= 0.3 is 0 Å². The maximum atomic E-state index is 11.5. The van der Waals surface area contributed by atoms with Crippen molar-refractivity contribution in [1.82, 2.24) is 10.8 Å². The fourth-order valence-electron chi connectivity index (χ4n) is 2.83. The van der Waals surface area contributed by atoms with Crippen molar-refractivity contribution in [3.63, 3.8) is 0 Å². The summed E-state index contributed by atoms with van der Waals surface area (Å²) in [5.41, 5.74) is 7.14. The van der Waals surface area contributed by atoms with E-state index in [0.29, 0.717) is 24.4 Å². The number of fused-ring (bicyclic) bond motifs is 2. The Labute approximate surface area is 100 Å². The number of hydrogen-bond acceptors (Lipinski definition) is 4. The molecular weight excluding hydrogens is 222 g/mol. The normalized spacial score (nSPS) is 31.2. The molecule has 0 spiro atoms. The second-order valence-corrected chi connectivity index (χ2v) is 4.96. The second-order valence-electron chi connectivity index (χ2n) is 4.96. The lowest BCUT2D eigenvalue weighted by atomic mass is 9.89. The van der Waals surface area contributed by atoms with Gasteiger partial charge in [0, 0.05) is 18.5 Å². The summed E-state index contributed by atoms with van der Waals surface area (Å²) in [6.07, 6.45) is 5.02. The van der Waals surface area contributed by atoms with E-state index in [9.17, 15) is 9.59 Å². The molecule has 0 saturated carbocycles. The van der Waals surface area contributed by atoms with E-state index in [1.54, 1.807) is 0 Å². The van der Waals surface area contributed by atoms with Crippen LogP contribution >= 0.6 is 0 Å². The summed E-state index contributed by atoms with van der Waals surface area (Å²) in [6.45, 7) is -0.275. The zero-order valence-electron chi connectivity index (χ0n) is 9.78. The van der Waals surface area contributed by atoms with Gasteiger partial charge in [-0.2, -0.15) is 0 Å². The lowest BCUT2D eigenvalue weighted by Crippen LogP contribution is -2.40. The maximum Gasteiger partial charge on any atom is 0.246 e. The Morgan fingerprint density at radius 3 is 2.53 bits per heavy atom. The lowest BCUT2D eigenvalue weighted by Gasteiger charge is -2.28. The minimum Gasteiger partial charge on any atom is -0.368 e. The van der Waals surface area contributed by atoms with E-state index in [4.69, 9.17) is 5.73 Å². The van der Waals surface area contributed by atoms with E-state index in [0.717, 1.165) is 12.8 Å². The number of nitrogens with two attached hydrogens (primary N) is 1. The summed E-state index contributed by atoms with van der Waals surface area (Å²) in [5.74, 6) is -0.339. The smallest absolute Gasteiger partial charge is 0.246 e. The Hall–Kier alpha value is -1.14. The minimum atomic E-state index is -0.592. The van der Waals surface area contributed by atoms with Crippen LogP contribution in [0.4, 0.5) is 0 Å². The van der Waals surface area contributed by atoms with Crippen LogP contribution in [-0.4, -0.2) is 30.5 Å². The van der Waals surface area contributed by atoms with Gasteiger partial charge in [-0.3, -0.25) is 14.4 Å². The molecule has 0 aliphatic carbocycles. The third kappa shape index (κ3) is 3.67. The van der Waals surface area contributed by atoms with E-state index in [1.807, 2.05) is 0 Å². The van der Waals surface area contributed by atoms with Crippen LogP contribution in [-0.2, 0) is 14.4 Å². The van der Waals surface area contributed by atoms with Gasteiger partial charge in [-0.1, -0.05) is 0 Å². The minimum absolute atomic E-state index is 0.169. The van der Waals surface area contributed by atoms with E-state index in [1.165, 1.54) is 12.8 Å². The van der Waals surface area contributed by atoms with E-state index in [2.05, 4.69) is 15.6 Å². The molecule has 17 heavy (non-hydrogen) atoms. The molecule has 0 aromatic rings. The number of hydroxylamine groups is 1. The summed E-state index contributed by atoms with van der Waals surface area (Å²) in [5, 5.41) is 3.53. The first-order valence-corrected chi connectivity index (χ1v) is 6.08. The zero-order chi connectivity index (χ0) is 12.3. The highest BCUT2D eigenvalue weighted by molar-refractivity contribution is 5.77. The Bertz CT molecular complexity index is 296. The quantitative estimate of drug-likeness (QED) is 0.562. The average molecular weight is 241 g/mol. The molecule has 2 aliphatic rings. The molecule has 0 aromatic carbocycles. The molecule has 2 fully saturated rings. The van der Waals surface area contributed by atoms with Gasteiger partial charge in [0.25, 0.3) is 0 Å². The van der Waals surface area contributed by atoms with Gasteiger partial charge in [0.2, 0.25) is 11.8 Å². The Balaban J connectivity index is 1.66. The molecule has 0 radical (unpaired) electrons. The third-order valence-corrected chi connectivity index (χ3v) is 3.45. The molecular formula is C11H19N3O3. The van der Waals surface area contributed by atoms with Gasteiger partial charge in [0.05, 0.1) is 0 Å². The number of rotatable bonds is 5.